The molecule has 0 atom stereocenters. The molecular weight excluding hydrogens is 243 g/mol. The molecule has 0 aliphatic carbocycles. The van der Waals surface area contributed by atoms with E-state index in [0.29, 0.717) is 5.95 Å². The van der Waals surface area contributed by atoms with Crippen LogP contribution in [0.3, 0.4) is 0 Å². The van der Waals surface area contributed by atoms with Gasteiger partial charge in [-0.2, -0.15) is 4.98 Å². The zero-order valence-electron chi connectivity index (χ0n) is 11.5. The topological polar surface area (TPSA) is 41.1 Å². The molecule has 0 fully saturated rings. The van der Waals surface area contributed by atoms with Gasteiger partial charge in [-0.05, 0) is 25.5 Å². The van der Waals surface area contributed by atoms with E-state index >= 15 is 0 Å². The van der Waals surface area contributed by atoms with Crippen molar-refractivity contribution in [3.8, 4) is 0 Å². The van der Waals surface area contributed by atoms with Gasteiger partial charge in [0.15, 0.2) is 11.6 Å². The van der Waals surface area contributed by atoms with E-state index in [9.17, 15) is 4.39 Å². The van der Waals surface area contributed by atoms with Gasteiger partial charge in [0, 0.05) is 19.8 Å². The number of anilines is 3. The largest absolute Gasteiger partial charge is 0.357 e. The lowest BCUT2D eigenvalue weighted by Crippen LogP contribution is -2.15. The fourth-order valence-electron chi connectivity index (χ4n) is 2.01. The van der Waals surface area contributed by atoms with Gasteiger partial charge in [0.1, 0.15) is 0 Å². The van der Waals surface area contributed by atoms with Gasteiger partial charge in [-0.25, -0.2) is 9.37 Å². The zero-order chi connectivity index (χ0) is 14.0. The van der Waals surface area contributed by atoms with Crippen LogP contribution in [0.2, 0.25) is 0 Å². The summed E-state index contributed by atoms with van der Waals surface area (Å²) in [5.74, 6) is 0.209. The smallest absolute Gasteiger partial charge is 0.224 e. The van der Waals surface area contributed by atoms with Crippen molar-refractivity contribution >= 4 is 17.5 Å². The van der Waals surface area contributed by atoms with Crippen molar-refractivity contribution in [3.05, 3.63) is 41.3 Å². The molecule has 0 amide bonds. The molecular formula is C14H17FN4. The number of halogens is 1. The Morgan fingerprint density at radius 1 is 1.26 bits per heavy atom. The number of nitrogens with zero attached hydrogens (tertiary/aromatic N) is 3. The number of benzene rings is 1. The molecule has 19 heavy (non-hydrogen) atoms. The van der Waals surface area contributed by atoms with Crippen LogP contribution in [0.4, 0.5) is 21.8 Å². The van der Waals surface area contributed by atoms with Crippen molar-refractivity contribution < 1.29 is 4.39 Å². The summed E-state index contributed by atoms with van der Waals surface area (Å²) >= 11 is 0. The Labute approximate surface area is 112 Å². The molecule has 1 heterocycles. The first kappa shape index (κ1) is 13.3. The quantitative estimate of drug-likeness (QED) is 0.921. The summed E-state index contributed by atoms with van der Waals surface area (Å²) in [5, 5.41) is 2.81. The van der Waals surface area contributed by atoms with E-state index in [1.54, 1.807) is 19.0 Å². The van der Waals surface area contributed by atoms with Gasteiger partial charge in [-0.15, -0.1) is 0 Å². The zero-order valence-corrected chi connectivity index (χ0v) is 11.5. The summed E-state index contributed by atoms with van der Waals surface area (Å²) < 4.78 is 13.9. The Kier molecular flexibility index (Phi) is 3.64. The number of aryl methyl sites for hydroxylation is 2. The first-order chi connectivity index (χ1) is 9.02. The minimum Gasteiger partial charge on any atom is -0.357 e. The lowest BCUT2D eigenvalue weighted by Gasteiger charge is -2.21. The Morgan fingerprint density at radius 3 is 2.63 bits per heavy atom. The molecule has 0 unspecified atom stereocenters. The van der Waals surface area contributed by atoms with Crippen LogP contribution < -0.4 is 10.2 Å². The minimum atomic E-state index is -0.443. The van der Waals surface area contributed by atoms with Crippen molar-refractivity contribution in [2.24, 2.45) is 0 Å². The molecule has 2 rings (SSSR count). The van der Waals surface area contributed by atoms with E-state index in [1.807, 2.05) is 26.0 Å². The van der Waals surface area contributed by atoms with Gasteiger partial charge < -0.3 is 10.2 Å². The molecule has 4 nitrogen and oxygen atoms in total. The molecule has 0 aliphatic heterocycles. The van der Waals surface area contributed by atoms with Gasteiger partial charge in [0.2, 0.25) is 5.95 Å². The van der Waals surface area contributed by atoms with Gasteiger partial charge in [-0.1, -0.05) is 17.7 Å². The summed E-state index contributed by atoms with van der Waals surface area (Å²) in [6.45, 7) is 4.03. The molecule has 0 radical (unpaired) electrons. The average Bonchev–Trinajstić information content (AvgIpc) is 2.38. The number of rotatable bonds is 3. The summed E-state index contributed by atoms with van der Waals surface area (Å²) in [6.07, 6.45) is 1.17. The highest BCUT2D eigenvalue weighted by atomic mass is 19.1. The summed E-state index contributed by atoms with van der Waals surface area (Å²) in [4.78, 5) is 9.73. The molecule has 1 aromatic carbocycles. The normalized spacial score (nSPS) is 10.4. The SMILES string of the molecule is CNc1ncc(F)c(N(C)c2ccc(C)cc2C)n1. The van der Waals surface area contributed by atoms with E-state index in [0.717, 1.165) is 11.3 Å². The van der Waals surface area contributed by atoms with Gasteiger partial charge in [0.05, 0.1) is 6.20 Å². The summed E-state index contributed by atoms with van der Waals surface area (Å²) in [5.41, 5.74) is 3.17. The van der Waals surface area contributed by atoms with Crippen LogP contribution >= 0.6 is 0 Å². The highest BCUT2D eigenvalue weighted by molar-refractivity contribution is 5.64. The minimum absolute atomic E-state index is 0.256. The van der Waals surface area contributed by atoms with Crippen LogP contribution in [-0.2, 0) is 0 Å². The van der Waals surface area contributed by atoms with Gasteiger partial charge >= 0.3 is 0 Å². The molecule has 1 N–H and O–H groups in total. The highest BCUT2D eigenvalue weighted by Gasteiger charge is 2.14. The molecule has 0 bridgehead atoms. The lowest BCUT2D eigenvalue weighted by atomic mass is 10.1. The summed E-state index contributed by atoms with van der Waals surface area (Å²) in [6, 6.07) is 6.02. The van der Waals surface area contributed by atoms with Gasteiger partial charge in [0.25, 0.3) is 0 Å². The molecule has 0 saturated carbocycles. The second-order valence-corrected chi connectivity index (χ2v) is 4.46. The molecule has 0 aliphatic rings. The second-order valence-electron chi connectivity index (χ2n) is 4.46. The first-order valence-corrected chi connectivity index (χ1v) is 6.04. The summed E-state index contributed by atoms with van der Waals surface area (Å²) in [7, 11) is 3.50. The maximum absolute atomic E-state index is 13.9. The van der Waals surface area contributed by atoms with Crippen LogP contribution in [-0.4, -0.2) is 24.1 Å². The third-order valence-corrected chi connectivity index (χ3v) is 2.98. The molecule has 2 aromatic rings. The number of aromatic nitrogens is 2. The number of hydrogen-bond donors (Lipinski definition) is 1. The second kappa shape index (κ2) is 5.22. The van der Waals surface area contributed by atoms with Crippen molar-refractivity contribution in [1.82, 2.24) is 9.97 Å². The number of hydrogen-bond acceptors (Lipinski definition) is 4. The lowest BCUT2D eigenvalue weighted by molar-refractivity contribution is 0.614. The highest BCUT2D eigenvalue weighted by Crippen LogP contribution is 2.28. The predicted octanol–water partition coefficient (Wildman–Crippen LogP) is 3.04. The maximum atomic E-state index is 13.9. The Bertz CT molecular complexity index is 598. The third kappa shape index (κ3) is 2.65. The Hall–Kier alpha value is -2.17. The van der Waals surface area contributed by atoms with Crippen LogP contribution in [0.1, 0.15) is 11.1 Å². The Balaban J connectivity index is 2.46. The fraction of sp³-hybridized carbons (Fsp3) is 0.286. The number of nitrogens with one attached hydrogen (secondary N) is 1. The van der Waals surface area contributed by atoms with E-state index in [2.05, 4.69) is 21.4 Å². The van der Waals surface area contributed by atoms with Crippen LogP contribution in [0.15, 0.2) is 24.4 Å². The van der Waals surface area contributed by atoms with E-state index < -0.39 is 5.82 Å². The van der Waals surface area contributed by atoms with Crippen LogP contribution in [0, 0.1) is 19.7 Å². The van der Waals surface area contributed by atoms with Crippen molar-refractivity contribution in [2.75, 3.05) is 24.3 Å². The molecule has 0 spiro atoms. The maximum Gasteiger partial charge on any atom is 0.224 e. The van der Waals surface area contributed by atoms with Crippen LogP contribution in [0.25, 0.3) is 0 Å². The molecule has 0 saturated heterocycles. The molecule has 1 aromatic heterocycles. The fourth-order valence-corrected chi connectivity index (χ4v) is 2.01. The van der Waals surface area contributed by atoms with Crippen LogP contribution in [0.5, 0.6) is 0 Å². The van der Waals surface area contributed by atoms with E-state index in [1.165, 1.54) is 11.8 Å². The Morgan fingerprint density at radius 2 is 2.00 bits per heavy atom. The van der Waals surface area contributed by atoms with E-state index in [4.69, 9.17) is 0 Å². The van der Waals surface area contributed by atoms with E-state index in [-0.39, 0.29) is 5.82 Å². The molecule has 5 heteroatoms. The molecule has 100 valence electrons. The van der Waals surface area contributed by atoms with Gasteiger partial charge in [-0.3, -0.25) is 0 Å². The third-order valence-electron chi connectivity index (χ3n) is 2.98. The standard InChI is InChI=1S/C14H17FN4/c1-9-5-6-12(10(2)7-9)19(4)13-11(15)8-17-14(16-3)18-13/h5-8H,1-4H3,(H,16,17,18). The van der Waals surface area contributed by atoms with Crippen molar-refractivity contribution in [2.45, 2.75) is 13.8 Å². The van der Waals surface area contributed by atoms with Crippen molar-refractivity contribution in [1.29, 1.82) is 0 Å². The first-order valence-electron chi connectivity index (χ1n) is 6.04. The average molecular weight is 260 g/mol. The predicted molar refractivity (Wildman–Crippen MR) is 75.5 cm³/mol. The van der Waals surface area contributed by atoms with Crippen molar-refractivity contribution in [3.63, 3.8) is 0 Å². The monoisotopic (exact) mass is 260 g/mol.